The molecule has 49 heavy (non-hydrogen) atoms. The summed E-state index contributed by atoms with van der Waals surface area (Å²) in [6.07, 6.45) is 5.39. The van der Waals surface area contributed by atoms with E-state index in [0.29, 0.717) is 28.4 Å². The van der Waals surface area contributed by atoms with Crippen LogP contribution in [-0.4, -0.2) is 86.3 Å². The van der Waals surface area contributed by atoms with Gasteiger partial charge in [0.1, 0.15) is 0 Å². The summed E-state index contributed by atoms with van der Waals surface area (Å²) in [4.78, 5) is 42.3. The van der Waals surface area contributed by atoms with Gasteiger partial charge >= 0.3 is 13.4 Å². The first-order valence-corrected chi connectivity index (χ1v) is 15.1. The van der Waals surface area contributed by atoms with Crippen LogP contribution >= 0.6 is 0 Å². The second kappa shape index (κ2) is 18.8. The molecule has 1 N–H and O–H groups in total. The molecule has 0 atom stereocenters. The van der Waals surface area contributed by atoms with Crippen LogP contribution in [0.1, 0.15) is 36.2 Å². The minimum Gasteiger partial charge on any atom is -0.420 e. The number of aromatic nitrogens is 1. The van der Waals surface area contributed by atoms with E-state index in [1.54, 1.807) is 32.1 Å². The molecule has 0 radical (unpaired) electrons. The lowest BCUT2D eigenvalue weighted by atomic mass is 10.1. The van der Waals surface area contributed by atoms with Crippen LogP contribution in [0.25, 0.3) is 6.08 Å². The number of rotatable bonds is 19. The Labute approximate surface area is 279 Å². The SMILES string of the molecule is C=CC(=O)NCCOCCOCCN(CCC(=O)Oc1c(F)c(F)cc(F)c1F)C(=O)CCC1=N/C(=C\c2c(C)cc(C)n2B(F)F)C=C1. The summed E-state index contributed by atoms with van der Waals surface area (Å²) in [7, 11) is -2.74. The van der Waals surface area contributed by atoms with Gasteiger partial charge in [-0.25, -0.2) is 8.78 Å². The van der Waals surface area contributed by atoms with Crippen molar-refractivity contribution < 1.29 is 54.8 Å². The highest BCUT2D eigenvalue weighted by Crippen LogP contribution is 2.27. The number of benzene rings is 1. The summed E-state index contributed by atoms with van der Waals surface area (Å²) in [6.45, 7) is 7.10. The van der Waals surface area contributed by atoms with Crippen molar-refractivity contribution >= 4 is 37.0 Å². The first kappa shape index (κ1) is 38.8. The summed E-state index contributed by atoms with van der Waals surface area (Å²) >= 11 is 0. The predicted molar refractivity (Wildman–Crippen MR) is 169 cm³/mol. The highest BCUT2D eigenvalue weighted by molar-refractivity contribution is 6.41. The molecule has 2 amide bonds. The first-order valence-electron chi connectivity index (χ1n) is 15.1. The Morgan fingerprint density at radius 2 is 1.63 bits per heavy atom. The number of hydrogen-bond donors (Lipinski definition) is 1. The molecule has 1 aliphatic heterocycles. The third-order valence-corrected chi connectivity index (χ3v) is 7.10. The number of hydrogen-bond acceptors (Lipinski definition) is 7. The Bertz CT molecular complexity index is 1600. The fourth-order valence-electron chi connectivity index (χ4n) is 4.66. The van der Waals surface area contributed by atoms with Gasteiger partial charge in [0.05, 0.1) is 38.5 Å². The van der Waals surface area contributed by atoms with E-state index in [9.17, 15) is 40.6 Å². The van der Waals surface area contributed by atoms with Crippen LogP contribution in [0.3, 0.4) is 0 Å². The molecule has 3 rings (SSSR count). The number of aliphatic imine (C=N–C) groups is 1. The fourth-order valence-corrected chi connectivity index (χ4v) is 4.66. The number of esters is 1. The molecule has 10 nitrogen and oxygen atoms in total. The minimum absolute atomic E-state index is 0.00595. The van der Waals surface area contributed by atoms with E-state index in [1.165, 1.54) is 11.0 Å². The Balaban J connectivity index is 1.59. The molecule has 0 saturated heterocycles. The molecule has 264 valence electrons. The van der Waals surface area contributed by atoms with Crippen LogP contribution in [0.15, 0.2) is 47.6 Å². The Hall–Kier alpha value is -4.64. The van der Waals surface area contributed by atoms with Crippen LogP contribution in [0.4, 0.5) is 26.2 Å². The first-order chi connectivity index (χ1) is 23.3. The zero-order chi connectivity index (χ0) is 36.1. The van der Waals surface area contributed by atoms with Crippen LogP contribution in [0.2, 0.25) is 0 Å². The molecule has 0 fully saturated rings. The van der Waals surface area contributed by atoms with Crippen molar-refractivity contribution in [3.05, 3.63) is 82.9 Å². The van der Waals surface area contributed by atoms with E-state index < -0.39 is 54.7 Å². The van der Waals surface area contributed by atoms with Crippen LogP contribution in [0.5, 0.6) is 5.75 Å². The number of carbonyl (C=O) groups excluding carboxylic acids is 3. The van der Waals surface area contributed by atoms with E-state index in [0.717, 1.165) is 10.6 Å². The topological polar surface area (TPSA) is 111 Å². The third-order valence-electron chi connectivity index (χ3n) is 7.10. The molecule has 0 unspecified atom stereocenters. The Morgan fingerprint density at radius 3 is 2.29 bits per heavy atom. The number of allylic oxidation sites excluding steroid dienone is 2. The van der Waals surface area contributed by atoms with Crippen molar-refractivity contribution in [2.45, 2.75) is 33.1 Å². The molecular weight excluding hydrogens is 661 g/mol. The summed E-state index contributed by atoms with van der Waals surface area (Å²) < 4.78 is 98.4. The largest absolute Gasteiger partial charge is 0.677 e. The van der Waals surface area contributed by atoms with Gasteiger partial charge in [0.25, 0.3) is 0 Å². The number of amides is 2. The number of aryl methyl sites for hydroxylation is 2. The smallest absolute Gasteiger partial charge is 0.420 e. The van der Waals surface area contributed by atoms with Gasteiger partial charge in [-0.3, -0.25) is 28.0 Å². The van der Waals surface area contributed by atoms with E-state index >= 15 is 0 Å². The third kappa shape index (κ3) is 11.5. The molecular formula is C32H35BF6N4O6. The lowest BCUT2D eigenvalue weighted by Gasteiger charge is -2.22. The van der Waals surface area contributed by atoms with Gasteiger partial charge in [-0.1, -0.05) is 6.58 Å². The van der Waals surface area contributed by atoms with Gasteiger partial charge in [-0.05, 0) is 56.2 Å². The minimum atomic E-state index is -2.74. The Morgan fingerprint density at radius 1 is 0.959 bits per heavy atom. The number of carbonyl (C=O) groups is 3. The van der Waals surface area contributed by atoms with Crippen molar-refractivity contribution in [3.63, 3.8) is 0 Å². The molecule has 0 aliphatic carbocycles. The maximum Gasteiger partial charge on any atom is 0.677 e. The van der Waals surface area contributed by atoms with Crippen molar-refractivity contribution in [1.29, 1.82) is 0 Å². The van der Waals surface area contributed by atoms with Crippen LogP contribution < -0.4 is 10.1 Å². The zero-order valence-corrected chi connectivity index (χ0v) is 26.9. The van der Waals surface area contributed by atoms with Gasteiger partial charge < -0.3 is 28.9 Å². The summed E-state index contributed by atoms with van der Waals surface area (Å²) in [5.41, 5.74) is 2.25. The standard InChI is InChI=1S/C32H35BF6N4O6/c1-4-27(44)40-10-13-47-15-16-48-14-12-42(11-9-29(46)49-32-30(36)24(34)19-25(35)31(32)37)28(45)8-7-22-5-6-23(41-22)18-26-20(2)17-21(3)43(26)33(38)39/h4-6,17-19H,1,7-16H2,2-3H3,(H,40,44)/b23-18-. The summed E-state index contributed by atoms with van der Waals surface area (Å²) in [5, 5.41) is 2.54. The molecule has 0 spiro atoms. The van der Waals surface area contributed by atoms with Gasteiger partial charge in [0, 0.05) is 49.2 Å². The van der Waals surface area contributed by atoms with Crippen molar-refractivity contribution in [2.24, 2.45) is 4.99 Å². The second-order valence-electron chi connectivity index (χ2n) is 10.6. The molecule has 2 aromatic rings. The monoisotopic (exact) mass is 696 g/mol. The van der Waals surface area contributed by atoms with Crippen molar-refractivity contribution in [2.75, 3.05) is 46.1 Å². The van der Waals surface area contributed by atoms with Gasteiger partial charge in [-0.15, -0.1) is 0 Å². The zero-order valence-electron chi connectivity index (χ0n) is 26.9. The lowest BCUT2D eigenvalue weighted by molar-refractivity contribution is -0.137. The lowest BCUT2D eigenvalue weighted by Crippen LogP contribution is -2.36. The molecule has 1 aromatic heterocycles. The van der Waals surface area contributed by atoms with E-state index in [2.05, 4.69) is 21.6 Å². The predicted octanol–water partition coefficient (Wildman–Crippen LogP) is 4.72. The quantitative estimate of drug-likeness (QED) is 0.0433. The highest BCUT2D eigenvalue weighted by atomic mass is 19.2. The number of halogens is 6. The average molecular weight is 696 g/mol. The fraction of sp³-hybridized carbons (Fsp3) is 0.375. The maximum atomic E-state index is 14.0. The van der Waals surface area contributed by atoms with Crippen molar-refractivity contribution in [3.8, 4) is 5.75 Å². The number of nitrogens with zero attached hydrogens (tertiary/aromatic N) is 3. The molecule has 1 aliphatic rings. The molecule has 17 heteroatoms. The van der Waals surface area contributed by atoms with Gasteiger partial charge in [0.15, 0.2) is 11.6 Å². The molecule has 2 heterocycles. The number of ether oxygens (including phenoxy) is 3. The van der Waals surface area contributed by atoms with Crippen LogP contribution in [-0.2, 0) is 23.9 Å². The number of nitrogens with one attached hydrogen (secondary N) is 1. The van der Waals surface area contributed by atoms with Crippen molar-refractivity contribution in [1.82, 2.24) is 14.7 Å². The van der Waals surface area contributed by atoms with E-state index in [-0.39, 0.29) is 70.9 Å². The Kier molecular flexibility index (Phi) is 14.9. The molecule has 0 saturated carbocycles. The average Bonchev–Trinajstić information content (AvgIpc) is 3.63. The normalized spacial score (nSPS) is 13.1. The maximum absolute atomic E-state index is 14.0. The highest BCUT2D eigenvalue weighted by Gasteiger charge is 2.25. The second-order valence-corrected chi connectivity index (χ2v) is 10.6. The van der Waals surface area contributed by atoms with Gasteiger partial charge in [-0.2, -0.15) is 8.78 Å². The van der Waals surface area contributed by atoms with Crippen LogP contribution in [0, 0.1) is 37.1 Å². The molecule has 1 aromatic carbocycles. The molecule has 0 bridgehead atoms. The van der Waals surface area contributed by atoms with Gasteiger partial charge in [0.2, 0.25) is 29.2 Å². The van der Waals surface area contributed by atoms with E-state index in [4.69, 9.17) is 9.47 Å². The summed E-state index contributed by atoms with van der Waals surface area (Å²) in [5.74, 6) is -10.9. The van der Waals surface area contributed by atoms with E-state index in [1.807, 2.05) is 0 Å². The summed E-state index contributed by atoms with van der Waals surface area (Å²) in [6, 6.07) is 1.61.